The highest BCUT2D eigenvalue weighted by Crippen LogP contribution is 2.46. The van der Waals surface area contributed by atoms with Gasteiger partial charge in [-0.1, -0.05) is 0 Å². The van der Waals surface area contributed by atoms with Gasteiger partial charge in [-0.15, -0.1) is 0 Å². The van der Waals surface area contributed by atoms with Gasteiger partial charge in [-0.25, -0.2) is 9.80 Å². The van der Waals surface area contributed by atoms with Crippen LogP contribution in [0.25, 0.3) is 0 Å². The van der Waals surface area contributed by atoms with Crippen molar-refractivity contribution >= 4 is 0 Å². The van der Waals surface area contributed by atoms with E-state index in [2.05, 4.69) is 37.5 Å². The van der Waals surface area contributed by atoms with Crippen molar-refractivity contribution in [2.75, 3.05) is 39.5 Å². The summed E-state index contributed by atoms with van der Waals surface area (Å²) in [5.41, 5.74) is -0.354. The molecule has 4 heterocycles. The van der Waals surface area contributed by atoms with E-state index >= 15 is 0 Å². The Bertz CT molecular complexity index is 472. The van der Waals surface area contributed by atoms with Crippen molar-refractivity contribution in [3.8, 4) is 0 Å². The summed E-state index contributed by atoms with van der Waals surface area (Å²) < 4.78 is 23.0. The zero-order valence-electron chi connectivity index (χ0n) is 16.8. The summed E-state index contributed by atoms with van der Waals surface area (Å²) in [6.07, 6.45) is 5.21. The van der Waals surface area contributed by atoms with E-state index in [1.54, 1.807) is 0 Å². The van der Waals surface area contributed by atoms with E-state index in [4.69, 9.17) is 18.9 Å². The molecule has 0 aromatic heterocycles. The molecule has 1 saturated carbocycles. The molecule has 4 unspecified atom stereocenters. The zero-order chi connectivity index (χ0) is 18.2. The lowest BCUT2D eigenvalue weighted by molar-refractivity contribution is -0.0343. The fourth-order valence-corrected chi connectivity index (χ4v) is 4.93. The Hall–Kier alpha value is -0.240. The number of hydrogen-bond donors (Lipinski definition) is 0. The molecule has 4 aliphatic heterocycles. The second-order valence-corrected chi connectivity index (χ2v) is 9.96. The Labute approximate surface area is 157 Å². The molecular formula is C20H34N2O4. The van der Waals surface area contributed by atoms with Crippen molar-refractivity contribution < 1.29 is 18.9 Å². The molecule has 0 aromatic carbocycles. The fourth-order valence-electron chi connectivity index (χ4n) is 4.93. The van der Waals surface area contributed by atoms with Crippen LogP contribution < -0.4 is 0 Å². The molecule has 5 fully saturated rings. The highest BCUT2D eigenvalue weighted by molar-refractivity contribution is 5.01. The van der Waals surface area contributed by atoms with E-state index in [0.29, 0.717) is 0 Å². The molecule has 0 radical (unpaired) electrons. The monoisotopic (exact) mass is 366 g/mol. The first kappa shape index (κ1) is 17.8. The molecule has 4 saturated heterocycles. The smallest absolute Gasteiger partial charge is 0.144 e. The maximum Gasteiger partial charge on any atom is 0.144 e. The summed E-state index contributed by atoms with van der Waals surface area (Å²) in [7, 11) is 0. The Morgan fingerprint density at radius 1 is 0.577 bits per heavy atom. The van der Waals surface area contributed by atoms with Crippen LogP contribution in [0.4, 0.5) is 0 Å². The number of ether oxygens (including phenoxy) is 4. The molecule has 0 spiro atoms. The van der Waals surface area contributed by atoms with Gasteiger partial charge >= 0.3 is 0 Å². The third kappa shape index (κ3) is 3.23. The summed E-state index contributed by atoms with van der Waals surface area (Å²) in [5.74, 6) is 1.50. The quantitative estimate of drug-likeness (QED) is 0.615. The molecular weight excluding hydrogens is 332 g/mol. The van der Waals surface area contributed by atoms with Crippen LogP contribution in [0.2, 0.25) is 0 Å². The summed E-state index contributed by atoms with van der Waals surface area (Å²) in [4.78, 5) is 4.96. The second kappa shape index (κ2) is 5.65. The number of epoxide rings is 4. The van der Waals surface area contributed by atoms with Crippen LogP contribution in [0.15, 0.2) is 0 Å². The topological polar surface area (TPSA) is 56.6 Å². The van der Waals surface area contributed by atoms with Gasteiger partial charge in [0.2, 0.25) is 0 Å². The van der Waals surface area contributed by atoms with Crippen LogP contribution in [0.1, 0.15) is 53.4 Å². The maximum atomic E-state index is 5.74. The Kier molecular flexibility index (Phi) is 3.87. The second-order valence-electron chi connectivity index (χ2n) is 9.96. The van der Waals surface area contributed by atoms with Gasteiger partial charge in [-0.2, -0.15) is 0 Å². The molecule has 5 aliphatic rings. The number of rotatable bonds is 8. The highest BCUT2D eigenvalue weighted by Gasteiger charge is 2.60. The molecule has 0 aromatic rings. The van der Waals surface area contributed by atoms with Crippen LogP contribution in [0.3, 0.4) is 0 Å². The van der Waals surface area contributed by atoms with Crippen molar-refractivity contribution in [2.24, 2.45) is 11.8 Å². The molecule has 1 aliphatic carbocycles. The predicted octanol–water partition coefficient (Wildman–Crippen LogP) is 2.38. The van der Waals surface area contributed by atoms with Crippen molar-refractivity contribution in [3.63, 3.8) is 0 Å². The number of hydrogen-bond acceptors (Lipinski definition) is 6. The van der Waals surface area contributed by atoms with E-state index in [9.17, 15) is 0 Å². The molecule has 26 heavy (non-hydrogen) atoms. The van der Waals surface area contributed by atoms with Crippen molar-refractivity contribution in [1.82, 2.24) is 9.80 Å². The van der Waals surface area contributed by atoms with Gasteiger partial charge in [0.25, 0.3) is 0 Å². The Balaban J connectivity index is 1.15. The average molecular weight is 367 g/mol. The average Bonchev–Trinajstić information content (AvgIpc) is 3.38. The normalized spacial score (nSPS) is 52.4. The van der Waals surface area contributed by atoms with Gasteiger partial charge in [0.1, 0.15) is 22.9 Å². The first-order chi connectivity index (χ1) is 12.2. The molecule has 5 rings (SSSR count). The van der Waals surface area contributed by atoms with Gasteiger partial charge in [0.15, 0.2) is 0 Å². The van der Waals surface area contributed by atoms with Crippen molar-refractivity contribution in [2.45, 2.75) is 76.3 Å². The van der Waals surface area contributed by atoms with Crippen molar-refractivity contribution in [3.05, 3.63) is 0 Å². The van der Waals surface area contributed by atoms with Gasteiger partial charge in [0.05, 0.1) is 26.4 Å². The largest absolute Gasteiger partial charge is 0.354 e. The molecule has 4 atom stereocenters. The zero-order valence-corrected chi connectivity index (χ0v) is 16.8. The third-order valence-electron chi connectivity index (χ3n) is 7.38. The predicted molar refractivity (Wildman–Crippen MR) is 96.3 cm³/mol. The lowest BCUT2D eigenvalue weighted by Gasteiger charge is -2.39. The minimum absolute atomic E-state index is 0.0886. The van der Waals surface area contributed by atoms with Gasteiger partial charge < -0.3 is 18.9 Å². The van der Waals surface area contributed by atoms with Gasteiger partial charge in [-0.3, -0.25) is 0 Å². The molecule has 0 N–H and O–H groups in total. The Morgan fingerprint density at radius 2 is 0.808 bits per heavy atom. The summed E-state index contributed by atoms with van der Waals surface area (Å²) >= 11 is 0. The summed E-state index contributed by atoms with van der Waals surface area (Å²) in [6.45, 7) is 14.4. The van der Waals surface area contributed by atoms with Gasteiger partial charge in [-0.05, 0) is 65.2 Å². The van der Waals surface area contributed by atoms with Crippen LogP contribution >= 0.6 is 0 Å². The van der Waals surface area contributed by atoms with Crippen LogP contribution in [0.5, 0.6) is 0 Å². The first-order valence-electron chi connectivity index (χ1n) is 10.4. The lowest BCUT2D eigenvalue weighted by atomic mass is 9.81. The van der Waals surface area contributed by atoms with E-state index in [1.165, 1.54) is 25.7 Å². The SMILES string of the molecule is CC1(N(CC2CCC(CN(C3(C)CO3)C3(C)CO3)CC2)C2(C)CO2)CO1. The summed E-state index contributed by atoms with van der Waals surface area (Å²) in [5, 5.41) is 0. The van der Waals surface area contributed by atoms with Gasteiger partial charge in [0, 0.05) is 13.1 Å². The first-order valence-corrected chi connectivity index (χ1v) is 10.4. The lowest BCUT2D eigenvalue weighted by Crippen LogP contribution is -2.50. The molecule has 6 heteroatoms. The molecule has 0 amide bonds. The van der Waals surface area contributed by atoms with Crippen molar-refractivity contribution in [1.29, 1.82) is 0 Å². The summed E-state index contributed by atoms with van der Waals surface area (Å²) in [6, 6.07) is 0. The van der Waals surface area contributed by atoms with Crippen LogP contribution in [0, 0.1) is 11.8 Å². The van der Waals surface area contributed by atoms with Crippen LogP contribution in [-0.2, 0) is 18.9 Å². The minimum atomic E-state index is -0.0886. The van der Waals surface area contributed by atoms with E-state index < -0.39 is 0 Å². The highest BCUT2D eigenvalue weighted by atomic mass is 16.7. The molecule has 6 nitrogen and oxygen atoms in total. The standard InChI is InChI=1S/C20H34N2O4/c1-17(11-23-17)21(18(2)12-24-18)9-15-5-7-16(8-6-15)10-22(19(3)13-25-19)20(4)14-26-20/h15-16H,5-14H2,1-4H3. The minimum Gasteiger partial charge on any atom is -0.354 e. The van der Waals surface area contributed by atoms with E-state index in [1.807, 2.05) is 0 Å². The molecule has 148 valence electrons. The third-order valence-corrected chi connectivity index (χ3v) is 7.38. The maximum absolute atomic E-state index is 5.74. The Morgan fingerprint density at radius 3 is 1.00 bits per heavy atom. The van der Waals surface area contributed by atoms with E-state index in [-0.39, 0.29) is 22.9 Å². The fraction of sp³-hybridized carbons (Fsp3) is 1.00. The molecule has 0 bridgehead atoms. The van der Waals surface area contributed by atoms with E-state index in [0.717, 1.165) is 51.4 Å². The van der Waals surface area contributed by atoms with Crippen LogP contribution in [-0.4, -0.2) is 72.2 Å². The number of nitrogens with zero attached hydrogens (tertiary/aromatic N) is 2.